The second-order valence-electron chi connectivity index (χ2n) is 5.20. The third-order valence-corrected chi connectivity index (χ3v) is 5.15. The largest absolute Gasteiger partial charge is 0.496 e. The van der Waals surface area contributed by atoms with Crippen molar-refractivity contribution < 1.29 is 17.9 Å². The topological polar surface area (TPSA) is 84.5 Å². The van der Waals surface area contributed by atoms with Crippen LogP contribution in [0.5, 0.6) is 5.75 Å². The van der Waals surface area contributed by atoms with Crippen LogP contribution in [0.1, 0.15) is 12.0 Å². The maximum absolute atomic E-state index is 12.0. The summed E-state index contributed by atoms with van der Waals surface area (Å²) >= 11 is 0. The van der Waals surface area contributed by atoms with Crippen LogP contribution in [0.25, 0.3) is 0 Å². The fraction of sp³-hybridized carbons (Fsp3) is 0.500. The zero-order valence-corrected chi connectivity index (χ0v) is 13.0. The van der Waals surface area contributed by atoms with Gasteiger partial charge in [-0.25, -0.2) is 8.42 Å². The van der Waals surface area contributed by atoms with Crippen molar-refractivity contribution in [1.82, 2.24) is 5.32 Å². The Morgan fingerprint density at radius 3 is 2.86 bits per heavy atom. The van der Waals surface area contributed by atoms with Crippen LogP contribution >= 0.6 is 0 Å². The highest BCUT2D eigenvalue weighted by Gasteiger charge is 2.25. The molecule has 0 aromatic heterocycles. The van der Waals surface area contributed by atoms with Crippen molar-refractivity contribution in [3.05, 3.63) is 23.8 Å². The number of rotatable bonds is 4. The lowest BCUT2D eigenvalue weighted by Crippen LogP contribution is -2.46. The number of hydrogen-bond acceptors (Lipinski definition) is 5. The van der Waals surface area contributed by atoms with Crippen LogP contribution < -0.4 is 15.4 Å². The highest BCUT2D eigenvalue weighted by atomic mass is 32.2. The van der Waals surface area contributed by atoms with Crippen LogP contribution in [-0.4, -0.2) is 45.5 Å². The molecular formula is C14H20N2O4S. The molecule has 0 bridgehead atoms. The van der Waals surface area contributed by atoms with E-state index in [0.29, 0.717) is 12.2 Å². The lowest BCUT2D eigenvalue weighted by Gasteiger charge is -2.23. The van der Waals surface area contributed by atoms with Gasteiger partial charge in [-0.3, -0.25) is 4.79 Å². The highest BCUT2D eigenvalue weighted by molar-refractivity contribution is 7.91. The van der Waals surface area contributed by atoms with Gasteiger partial charge >= 0.3 is 0 Å². The summed E-state index contributed by atoms with van der Waals surface area (Å²) in [5, 5.41) is 5.84. The van der Waals surface area contributed by atoms with Gasteiger partial charge < -0.3 is 15.4 Å². The van der Waals surface area contributed by atoms with Crippen molar-refractivity contribution in [2.45, 2.75) is 19.4 Å². The molecule has 1 aromatic rings. The Balaban J connectivity index is 1.94. The second-order valence-corrected chi connectivity index (χ2v) is 7.43. The van der Waals surface area contributed by atoms with E-state index in [0.717, 1.165) is 11.3 Å². The van der Waals surface area contributed by atoms with Gasteiger partial charge in [-0.15, -0.1) is 0 Å². The Morgan fingerprint density at radius 2 is 2.24 bits per heavy atom. The minimum absolute atomic E-state index is 0.0159. The van der Waals surface area contributed by atoms with Crippen LogP contribution in [0.15, 0.2) is 18.2 Å². The van der Waals surface area contributed by atoms with Crippen LogP contribution in [0.3, 0.4) is 0 Å². The Bertz CT molecular complexity index is 628. The van der Waals surface area contributed by atoms with Crippen LogP contribution in [0, 0.1) is 6.92 Å². The first-order valence-electron chi connectivity index (χ1n) is 6.78. The van der Waals surface area contributed by atoms with Gasteiger partial charge in [0.2, 0.25) is 5.91 Å². The van der Waals surface area contributed by atoms with Crippen LogP contribution in [-0.2, 0) is 14.6 Å². The summed E-state index contributed by atoms with van der Waals surface area (Å²) in [6.45, 7) is 2.30. The summed E-state index contributed by atoms with van der Waals surface area (Å²) in [5.74, 6) is 0.715. The minimum atomic E-state index is -3.03. The molecule has 0 radical (unpaired) electrons. The van der Waals surface area contributed by atoms with E-state index in [-0.39, 0.29) is 29.9 Å². The van der Waals surface area contributed by atoms with Gasteiger partial charge in [0.15, 0.2) is 9.84 Å². The SMILES string of the molecule is COc1ccc(NC(=O)CC2CS(=O)(=O)CCN2)cc1C. The first-order valence-corrected chi connectivity index (χ1v) is 8.60. The zero-order chi connectivity index (χ0) is 15.5. The molecule has 2 N–H and O–H groups in total. The normalized spacial score (nSPS) is 20.8. The average Bonchev–Trinajstić information content (AvgIpc) is 2.37. The number of nitrogens with one attached hydrogen (secondary N) is 2. The molecule has 1 aliphatic rings. The van der Waals surface area contributed by atoms with Crippen molar-refractivity contribution >= 4 is 21.4 Å². The number of amides is 1. The van der Waals surface area contributed by atoms with Crippen LogP contribution in [0.2, 0.25) is 0 Å². The minimum Gasteiger partial charge on any atom is -0.496 e. The van der Waals surface area contributed by atoms with E-state index < -0.39 is 9.84 Å². The molecule has 1 aromatic carbocycles. The van der Waals surface area contributed by atoms with Gasteiger partial charge in [-0.05, 0) is 30.7 Å². The molecule has 116 valence electrons. The van der Waals surface area contributed by atoms with Crippen molar-refractivity contribution in [1.29, 1.82) is 0 Å². The van der Waals surface area contributed by atoms with E-state index in [2.05, 4.69) is 10.6 Å². The third-order valence-electron chi connectivity index (χ3n) is 3.41. The monoisotopic (exact) mass is 312 g/mol. The van der Waals surface area contributed by atoms with E-state index in [4.69, 9.17) is 4.74 Å². The molecule has 1 aliphatic heterocycles. The molecule has 6 nitrogen and oxygen atoms in total. The lowest BCUT2D eigenvalue weighted by atomic mass is 10.2. The molecule has 1 unspecified atom stereocenters. The molecular weight excluding hydrogens is 292 g/mol. The van der Waals surface area contributed by atoms with Crippen molar-refractivity contribution in [3.63, 3.8) is 0 Å². The van der Waals surface area contributed by atoms with Crippen molar-refractivity contribution in [2.24, 2.45) is 0 Å². The number of carbonyl (C=O) groups excluding carboxylic acids is 1. The summed E-state index contributed by atoms with van der Waals surface area (Å²) in [5.41, 5.74) is 1.60. The van der Waals surface area contributed by atoms with E-state index in [1.54, 1.807) is 19.2 Å². The molecule has 1 amide bonds. The number of ether oxygens (including phenoxy) is 1. The molecule has 7 heteroatoms. The maximum atomic E-state index is 12.0. The van der Waals surface area contributed by atoms with Crippen LogP contribution in [0.4, 0.5) is 5.69 Å². The van der Waals surface area contributed by atoms with Gasteiger partial charge in [0.25, 0.3) is 0 Å². The first-order chi connectivity index (χ1) is 9.89. The van der Waals surface area contributed by atoms with Gasteiger partial charge in [-0.1, -0.05) is 0 Å². The quantitative estimate of drug-likeness (QED) is 0.856. The molecule has 1 saturated heterocycles. The van der Waals surface area contributed by atoms with Gasteiger partial charge in [-0.2, -0.15) is 0 Å². The van der Waals surface area contributed by atoms with E-state index in [1.807, 2.05) is 13.0 Å². The first kappa shape index (κ1) is 15.8. The van der Waals surface area contributed by atoms with Crippen molar-refractivity contribution in [2.75, 3.05) is 30.5 Å². The zero-order valence-electron chi connectivity index (χ0n) is 12.2. The second kappa shape index (κ2) is 6.44. The number of methoxy groups -OCH3 is 1. The fourth-order valence-electron chi connectivity index (χ4n) is 2.39. The summed E-state index contributed by atoms with van der Waals surface area (Å²) in [6, 6.07) is 5.05. The summed E-state index contributed by atoms with van der Waals surface area (Å²) < 4.78 is 28.2. The van der Waals surface area contributed by atoms with Crippen molar-refractivity contribution in [3.8, 4) is 5.75 Å². The van der Waals surface area contributed by atoms with E-state index in [1.165, 1.54) is 0 Å². The predicted octanol–water partition coefficient (Wildman–Crippen LogP) is 0.719. The Morgan fingerprint density at radius 1 is 1.48 bits per heavy atom. The molecule has 0 saturated carbocycles. The number of anilines is 1. The lowest BCUT2D eigenvalue weighted by molar-refractivity contribution is -0.116. The number of aryl methyl sites for hydroxylation is 1. The van der Waals surface area contributed by atoms with Gasteiger partial charge in [0.1, 0.15) is 5.75 Å². The third kappa shape index (κ3) is 4.44. The fourth-order valence-corrected chi connectivity index (χ4v) is 3.83. The number of sulfone groups is 1. The number of benzene rings is 1. The predicted molar refractivity (Wildman–Crippen MR) is 81.4 cm³/mol. The average molecular weight is 312 g/mol. The summed E-state index contributed by atoms with van der Waals surface area (Å²) in [6.07, 6.45) is 0.143. The maximum Gasteiger partial charge on any atom is 0.225 e. The Kier molecular flexibility index (Phi) is 4.84. The molecule has 0 spiro atoms. The number of hydrogen-bond donors (Lipinski definition) is 2. The van der Waals surface area contributed by atoms with Gasteiger partial charge in [0, 0.05) is 24.7 Å². The van der Waals surface area contributed by atoms with E-state index >= 15 is 0 Å². The Hall–Kier alpha value is -1.60. The Labute approximate surface area is 124 Å². The smallest absolute Gasteiger partial charge is 0.225 e. The van der Waals surface area contributed by atoms with E-state index in [9.17, 15) is 13.2 Å². The molecule has 1 fully saturated rings. The highest BCUT2D eigenvalue weighted by Crippen LogP contribution is 2.21. The van der Waals surface area contributed by atoms with Gasteiger partial charge in [0.05, 0.1) is 18.6 Å². The molecule has 0 aliphatic carbocycles. The molecule has 21 heavy (non-hydrogen) atoms. The number of carbonyl (C=O) groups is 1. The molecule has 1 heterocycles. The standard InChI is InChI=1S/C14H20N2O4S/c1-10-7-11(3-4-13(10)20-2)16-14(17)8-12-9-21(18,19)6-5-15-12/h3-4,7,12,15H,5-6,8-9H2,1-2H3,(H,16,17). The summed E-state index contributed by atoms with van der Waals surface area (Å²) in [4.78, 5) is 12.0. The molecule has 2 rings (SSSR count). The summed E-state index contributed by atoms with van der Waals surface area (Å²) in [7, 11) is -1.43. The molecule has 1 atom stereocenters.